The molecule has 0 saturated heterocycles. The van der Waals surface area contributed by atoms with Crippen molar-refractivity contribution in [1.29, 1.82) is 0 Å². The van der Waals surface area contributed by atoms with E-state index in [4.69, 9.17) is 9.47 Å². The lowest BCUT2D eigenvalue weighted by atomic mass is 10.2. The Kier molecular flexibility index (Phi) is 5.16. The summed E-state index contributed by atoms with van der Waals surface area (Å²) in [6.45, 7) is 2.37. The van der Waals surface area contributed by atoms with E-state index in [-0.39, 0.29) is 5.91 Å². The lowest BCUT2D eigenvalue weighted by molar-refractivity contribution is 0.0946. The number of ether oxygens (including phenoxy) is 2. The van der Waals surface area contributed by atoms with Gasteiger partial charge in [0.1, 0.15) is 5.69 Å². The number of hydrogen-bond donors (Lipinski definition) is 1. The first-order valence-corrected chi connectivity index (χ1v) is 7.50. The average Bonchev–Trinajstić information content (AvgIpc) is 3.01. The molecule has 1 N–H and O–H groups in total. The second kappa shape index (κ2) is 7.08. The molecule has 0 unspecified atom stereocenters. The number of thiazole rings is 1. The Labute approximate surface area is 127 Å². The van der Waals surface area contributed by atoms with Crippen LogP contribution in [0.15, 0.2) is 23.6 Å². The van der Waals surface area contributed by atoms with Crippen LogP contribution in [0.5, 0.6) is 11.5 Å². The summed E-state index contributed by atoms with van der Waals surface area (Å²) in [5.74, 6) is 1.09. The van der Waals surface area contributed by atoms with Gasteiger partial charge in [-0.2, -0.15) is 0 Å². The summed E-state index contributed by atoms with van der Waals surface area (Å²) in [4.78, 5) is 16.3. The van der Waals surface area contributed by atoms with Crippen molar-refractivity contribution in [3.05, 3.63) is 39.8 Å². The SMILES string of the molecule is CCc1nc(C(=O)NCc2cccc(OC)c2OC)cs1. The molecule has 1 aromatic heterocycles. The zero-order chi connectivity index (χ0) is 15.2. The molecule has 6 heteroatoms. The Morgan fingerprint density at radius 2 is 2.14 bits per heavy atom. The number of aromatic nitrogens is 1. The Bertz CT molecular complexity index is 625. The van der Waals surface area contributed by atoms with Crippen molar-refractivity contribution < 1.29 is 14.3 Å². The maximum atomic E-state index is 12.1. The van der Waals surface area contributed by atoms with Crippen LogP contribution in [0.1, 0.15) is 28.0 Å². The lowest BCUT2D eigenvalue weighted by Crippen LogP contribution is -2.23. The van der Waals surface area contributed by atoms with Gasteiger partial charge in [-0.25, -0.2) is 4.98 Å². The van der Waals surface area contributed by atoms with E-state index in [1.807, 2.05) is 25.1 Å². The first-order valence-electron chi connectivity index (χ1n) is 6.62. The summed E-state index contributed by atoms with van der Waals surface area (Å²) >= 11 is 1.50. The smallest absolute Gasteiger partial charge is 0.271 e. The van der Waals surface area contributed by atoms with Gasteiger partial charge in [0, 0.05) is 17.5 Å². The number of nitrogens with one attached hydrogen (secondary N) is 1. The molecule has 0 atom stereocenters. The molecule has 2 rings (SSSR count). The van der Waals surface area contributed by atoms with Crippen LogP contribution in [0.4, 0.5) is 0 Å². The van der Waals surface area contributed by atoms with Crippen molar-refractivity contribution in [2.24, 2.45) is 0 Å². The summed E-state index contributed by atoms with van der Waals surface area (Å²) in [5, 5.41) is 5.58. The van der Waals surface area contributed by atoms with Crippen molar-refractivity contribution in [3.8, 4) is 11.5 Å². The van der Waals surface area contributed by atoms with E-state index in [0.29, 0.717) is 23.7 Å². The number of methoxy groups -OCH3 is 2. The molecular formula is C15H18N2O3S. The van der Waals surface area contributed by atoms with E-state index in [1.165, 1.54) is 11.3 Å². The average molecular weight is 306 g/mol. The molecule has 0 spiro atoms. The molecule has 1 heterocycles. The fourth-order valence-electron chi connectivity index (χ4n) is 1.94. The molecule has 0 saturated carbocycles. The van der Waals surface area contributed by atoms with Crippen molar-refractivity contribution in [2.45, 2.75) is 19.9 Å². The highest BCUT2D eigenvalue weighted by Gasteiger charge is 2.13. The first kappa shape index (κ1) is 15.3. The number of carbonyl (C=O) groups is 1. The summed E-state index contributed by atoms with van der Waals surface area (Å²) in [5.41, 5.74) is 1.31. The van der Waals surface area contributed by atoms with Crippen LogP contribution in [0, 0.1) is 0 Å². The molecule has 1 aromatic carbocycles. The fraction of sp³-hybridized carbons (Fsp3) is 0.333. The van der Waals surface area contributed by atoms with Crippen LogP contribution < -0.4 is 14.8 Å². The third kappa shape index (κ3) is 3.52. The number of carbonyl (C=O) groups excluding carboxylic acids is 1. The van der Waals surface area contributed by atoms with Gasteiger partial charge in [0.05, 0.1) is 19.2 Å². The Morgan fingerprint density at radius 3 is 2.76 bits per heavy atom. The van der Waals surface area contributed by atoms with E-state index >= 15 is 0 Å². The van der Waals surface area contributed by atoms with Crippen molar-refractivity contribution in [1.82, 2.24) is 10.3 Å². The van der Waals surface area contributed by atoms with Gasteiger partial charge < -0.3 is 14.8 Å². The molecule has 21 heavy (non-hydrogen) atoms. The Balaban J connectivity index is 2.07. The monoisotopic (exact) mass is 306 g/mol. The Morgan fingerprint density at radius 1 is 1.33 bits per heavy atom. The van der Waals surface area contributed by atoms with Gasteiger partial charge in [0.2, 0.25) is 0 Å². The van der Waals surface area contributed by atoms with Crippen LogP contribution in [-0.4, -0.2) is 25.1 Å². The number of nitrogens with zero attached hydrogens (tertiary/aromatic N) is 1. The highest BCUT2D eigenvalue weighted by atomic mass is 32.1. The van der Waals surface area contributed by atoms with E-state index in [1.54, 1.807) is 19.6 Å². The van der Waals surface area contributed by atoms with Gasteiger partial charge in [0.25, 0.3) is 5.91 Å². The third-order valence-corrected chi connectivity index (χ3v) is 4.00. The second-order valence-electron chi connectivity index (χ2n) is 4.32. The Hall–Kier alpha value is -2.08. The predicted molar refractivity (Wildman–Crippen MR) is 82.2 cm³/mol. The van der Waals surface area contributed by atoms with E-state index in [0.717, 1.165) is 17.0 Å². The minimum atomic E-state index is -0.184. The standard InChI is InChI=1S/C15H18N2O3S/c1-4-13-17-11(9-21-13)15(18)16-8-10-6-5-7-12(19-2)14(10)20-3/h5-7,9H,4,8H2,1-3H3,(H,16,18). The van der Waals surface area contributed by atoms with Gasteiger partial charge in [-0.3, -0.25) is 4.79 Å². The molecule has 0 bridgehead atoms. The largest absolute Gasteiger partial charge is 0.493 e. The van der Waals surface area contributed by atoms with Crippen molar-refractivity contribution in [3.63, 3.8) is 0 Å². The van der Waals surface area contributed by atoms with Gasteiger partial charge >= 0.3 is 0 Å². The molecule has 2 aromatic rings. The third-order valence-electron chi connectivity index (χ3n) is 3.01. The fourth-order valence-corrected chi connectivity index (χ4v) is 2.66. The number of para-hydroxylation sites is 1. The summed E-state index contributed by atoms with van der Waals surface area (Å²) < 4.78 is 10.6. The number of aryl methyl sites for hydroxylation is 1. The van der Waals surface area contributed by atoms with E-state index in [2.05, 4.69) is 10.3 Å². The molecule has 112 valence electrons. The summed E-state index contributed by atoms with van der Waals surface area (Å²) in [6.07, 6.45) is 0.835. The first-order chi connectivity index (χ1) is 10.2. The zero-order valence-electron chi connectivity index (χ0n) is 12.3. The highest BCUT2D eigenvalue weighted by molar-refractivity contribution is 7.09. The summed E-state index contributed by atoms with van der Waals surface area (Å²) in [7, 11) is 3.17. The van der Waals surface area contributed by atoms with Crippen LogP contribution in [0.3, 0.4) is 0 Å². The van der Waals surface area contributed by atoms with E-state index in [9.17, 15) is 4.79 Å². The van der Waals surface area contributed by atoms with Crippen LogP contribution in [0.25, 0.3) is 0 Å². The molecule has 5 nitrogen and oxygen atoms in total. The van der Waals surface area contributed by atoms with Gasteiger partial charge in [-0.15, -0.1) is 11.3 Å². The molecule has 0 radical (unpaired) electrons. The number of benzene rings is 1. The number of hydrogen-bond acceptors (Lipinski definition) is 5. The minimum Gasteiger partial charge on any atom is -0.493 e. The predicted octanol–water partition coefficient (Wildman–Crippen LogP) is 2.65. The van der Waals surface area contributed by atoms with Crippen LogP contribution in [-0.2, 0) is 13.0 Å². The van der Waals surface area contributed by atoms with Gasteiger partial charge in [-0.1, -0.05) is 19.1 Å². The zero-order valence-corrected chi connectivity index (χ0v) is 13.1. The maximum Gasteiger partial charge on any atom is 0.271 e. The molecule has 0 aliphatic heterocycles. The number of rotatable bonds is 6. The van der Waals surface area contributed by atoms with E-state index < -0.39 is 0 Å². The van der Waals surface area contributed by atoms with Crippen molar-refractivity contribution in [2.75, 3.05) is 14.2 Å². The summed E-state index contributed by atoms with van der Waals surface area (Å²) in [6, 6.07) is 5.57. The quantitative estimate of drug-likeness (QED) is 0.891. The lowest BCUT2D eigenvalue weighted by Gasteiger charge is -2.12. The highest BCUT2D eigenvalue weighted by Crippen LogP contribution is 2.30. The van der Waals surface area contributed by atoms with Crippen LogP contribution >= 0.6 is 11.3 Å². The molecule has 0 aliphatic carbocycles. The van der Waals surface area contributed by atoms with Gasteiger partial charge in [-0.05, 0) is 12.5 Å². The van der Waals surface area contributed by atoms with Gasteiger partial charge in [0.15, 0.2) is 11.5 Å². The maximum absolute atomic E-state index is 12.1. The second-order valence-corrected chi connectivity index (χ2v) is 5.26. The topological polar surface area (TPSA) is 60.5 Å². The molecule has 1 amide bonds. The molecular weight excluding hydrogens is 288 g/mol. The molecule has 0 aliphatic rings. The minimum absolute atomic E-state index is 0.184. The van der Waals surface area contributed by atoms with Crippen LogP contribution in [0.2, 0.25) is 0 Å². The molecule has 0 fully saturated rings. The number of amides is 1. The normalized spacial score (nSPS) is 10.2. The van der Waals surface area contributed by atoms with Crippen molar-refractivity contribution >= 4 is 17.2 Å².